The summed E-state index contributed by atoms with van der Waals surface area (Å²) in [6.07, 6.45) is 3.48. The number of anilines is 1. The van der Waals surface area contributed by atoms with Gasteiger partial charge in [0.1, 0.15) is 15.6 Å². The van der Waals surface area contributed by atoms with Crippen molar-refractivity contribution in [3.63, 3.8) is 0 Å². The van der Waals surface area contributed by atoms with Gasteiger partial charge in [0.15, 0.2) is 0 Å². The zero-order valence-corrected chi connectivity index (χ0v) is 18.4. The topological polar surface area (TPSA) is 81.7 Å². The number of thiophene rings is 1. The molecule has 152 valence electrons. The van der Waals surface area contributed by atoms with Crippen molar-refractivity contribution in [2.75, 3.05) is 18.4 Å². The van der Waals surface area contributed by atoms with Crippen LogP contribution in [0.1, 0.15) is 40.6 Å². The Bertz CT molecular complexity index is 1020. The molecule has 2 aromatic rings. The number of methoxy groups -OCH3 is 1. The van der Waals surface area contributed by atoms with Gasteiger partial charge in [0.05, 0.1) is 29.3 Å². The highest BCUT2D eigenvalue weighted by Crippen LogP contribution is 2.41. The van der Waals surface area contributed by atoms with Gasteiger partial charge in [-0.25, -0.2) is 13.2 Å². The van der Waals surface area contributed by atoms with E-state index in [0.29, 0.717) is 5.56 Å². The summed E-state index contributed by atoms with van der Waals surface area (Å²) < 4.78 is 38.7. The van der Waals surface area contributed by atoms with Gasteiger partial charge >= 0.3 is 5.97 Å². The van der Waals surface area contributed by atoms with E-state index in [1.165, 1.54) is 30.6 Å². The zero-order valence-electron chi connectivity index (χ0n) is 15.3. The summed E-state index contributed by atoms with van der Waals surface area (Å²) in [6.45, 7) is 1.91. The summed E-state index contributed by atoms with van der Waals surface area (Å²) >= 11 is 13.5. The molecule has 1 N–H and O–H groups in total. The summed E-state index contributed by atoms with van der Waals surface area (Å²) in [5, 5.41) is 0.324. The lowest BCUT2D eigenvalue weighted by Gasteiger charge is -2.13. The van der Waals surface area contributed by atoms with Crippen LogP contribution in [-0.2, 0) is 27.6 Å². The molecule has 1 aromatic carbocycles. The van der Waals surface area contributed by atoms with Crippen LogP contribution in [0.5, 0.6) is 5.75 Å². The van der Waals surface area contributed by atoms with Crippen LogP contribution in [-0.4, -0.2) is 28.1 Å². The molecule has 1 aliphatic rings. The maximum Gasteiger partial charge on any atom is 0.341 e. The second-order valence-corrected chi connectivity index (χ2v) is 9.73. The molecule has 3 rings (SSSR count). The first-order valence-electron chi connectivity index (χ1n) is 8.66. The smallest absolute Gasteiger partial charge is 0.341 e. The minimum absolute atomic E-state index is 0.0345. The molecule has 1 aromatic heterocycles. The third-order valence-corrected chi connectivity index (χ3v) is 7.82. The Morgan fingerprint density at radius 2 is 1.93 bits per heavy atom. The van der Waals surface area contributed by atoms with E-state index in [2.05, 4.69) is 4.72 Å². The monoisotopic (exact) mass is 463 g/mol. The first-order chi connectivity index (χ1) is 13.3. The molecule has 0 spiro atoms. The van der Waals surface area contributed by atoms with E-state index < -0.39 is 16.0 Å². The van der Waals surface area contributed by atoms with Crippen LogP contribution >= 0.6 is 34.5 Å². The number of nitrogens with one attached hydrogen (secondary N) is 1. The second kappa shape index (κ2) is 8.49. The Balaban J connectivity index is 2.04. The van der Waals surface area contributed by atoms with E-state index in [4.69, 9.17) is 32.7 Å². The first-order valence-corrected chi connectivity index (χ1v) is 11.7. The number of halogens is 2. The van der Waals surface area contributed by atoms with Gasteiger partial charge in [0.25, 0.3) is 10.0 Å². The van der Waals surface area contributed by atoms with Crippen molar-refractivity contribution in [2.24, 2.45) is 0 Å². The van der Waals surface area contributed by atoms with Crippen molar-refractivity contribution < 1.29 is 22.7 Å². The van der Waals surface area contributed by atoms with Gasteiger partial charge in [-0.15, -0.1) is 11.3 Å². The highest BCUT2D eigenvalue weighted by Gasteiger charge is 2.30. The molecule has 28 heavy (non-hydrogen) atoms. The van der Waals surface area contributed by atoms with Crippen LogP contribution in [0.25, 0.3) is 0 Å². The standard InChI is InChI=1S/C18H19Cl2NO5S2/c1-3-26-18(22)16-10-6-4-5-7-14(10)27-17(16)21-28(23,24)15-9-11(19)13(25-2)8-12(15)20/h8-9,21H,3-7H2,1-2H3. The number of esters is 1. The lowest BCUT2D eigenvalue weighted by atomic mass is 9.95. The van der Waals surface area contributed by atoms with Crippen LogP contribution in [0.2, 0.25) is 10.0 Å². The lowest BCUT2D eigenvalue weighted by Crippen LogP contribution is -2.16. The fraction of sp³-hybridized carbons (Fsp3) is 0.389. The van der Waals surface area contributed by atoms with Crippen molar-refractivity contribution in [3.05, 3.63) is 38.2 Å². The molecule has 0 fully saturated rings. The maximum absolute atomic E-state index is 13.0. The van der Waals surface area contributed by atoms with Crippen molar-refractivity contribution in [3.8, 4) is 5.75 Å². The van der Waals surface area contributed by atoms with Gasteiger partial charge < -0.3 is 9.47 Å². The number of carbonyl (C=O) groups is 1. The predicted octanol–water partition coefficient (Wildman–Crippen LogP) is 4.92. The number of rotatable bonds is 6. The molecule has 0 radical (unpaired) electrons. The number of fused-ring (bicyclic) bond motifs is 1. The maximum atomic E-state index is 13.0. The number of hydrogen-bond acceptors (Lipinski definition) is 6. The third kappa shape index (κ3) is 4.10. The molecule has 1 heterocycles. The molecule has 1 aliphatic carbocycles. The normalized spacial score (nSPS) is 13.7. The van der Waals surface area contributed by atoms with Gasteiger partial charge in [-0.1, -0.05) is 23.2 Å². The Morgan fingerprint density at radius 1 is 1.21 bits per heavy atom. The Kier molecular flexibility index (Phi) is 6.44. The Hall–Kier alpha value is -1.48. The SMILES string of the molecule is CCOC(=O)c1c(NS(=O)(=O)c2cc(Cl)c(OC)cc2Cl)sc2c1CCCC2. The molecule has 0 unspecified atom stereocenters. The summed E-state index contributed by atoms with van der Waals surface area (Å²) in [5.74, 6) is -0.261. The zero-order chi connectivity index (χ0) is 20.5. The number of sulfonamides is 1. The number of hydrogen-bond donors (Lipinski definition) is 1. The number of carbonyl (C=O) groups excluding carboxylic acids is 1. The molecular weight excluding hydrogens is 445 g/mol. The first kappa shape index (κ1) is 21.2. The van der Waals surface area contributed by atoms with Crippen molar-refractivity contribution in [1.29, 1.82) is 0 Å². The molecule has 6 nitrogen and oxygen atoms in total. The summed E-state index contributed by atoms with van der Waals surface area (Å²) in [7, 11) is -2.67. The van der Waals surface area contributed by atoms with Gasteiger partial charge in [-0.2, -0.15) is 0 Å². The van der Waals surface area contributed by atoms with E-state index in [0.717, 1.165) is 36.1 Å². The summed E-state index contributed by atoms with van der Waals surface area (Å²) in [5.41, 5.74) is 1.16. The largest absolute Gasteiger partial charge is 0.495 e. The number of aryl methyl sites for hydroxylation is 1. The van der Waals surface area contributed by atoms with Crippen LogP contribution in [0.4, 0.5) is 5.00 Å². The summed E-state index contributed by atoms with van der Waals surface area (Å²) in [4.78, 5) is 13.3. The van der Waals surface area contributed by atoms with Crippen molar-refractivity contribution >= 4 is 55.5 Å². The molecule has 0 saturated heterocycles. The van der Waals surface area contributed by atoms with Gasteiger partial charge in [0, 0.05) is 10.9 Å². The van der Waals surface area contributed by atoms with E-state index >= 15 is 0 Å². The fourth-order valence-corrected chi connectivity index (χ4v) is 6.54. The van der Waals surface area contributed by atoms with Gasteiger partial charge in [-0.05, 0) is 44.2 Å². The van der Waals surface area contributed by atoms with Crippen LogP contribution < -0.4 is 9.46 Å². The molecule has 0 amide bonds. The highest BCUT2D eigenvalue weighted by atomic mass is 35.5. The minimum Gasteiger partial charge on any atom is -0.495 e. The molecule has 10 heteroatoms. The number of ether oxygens (including phenoxy) is 2. The molecular formula is C18H19Cl2NO5S2. The molecule has 0 bridgehead atoms. The quantitative estimate of drug-likeness (QED) is 0.614. The molecule has 0 aliphatic heterocycles. The average Bonchev–Trinajstić information content (AvgIpc) is 3.00. The number of benzene rings is 1. The predicted molar refractivity (Wildman–Crippen MR) is 111 cm³/mol. The fourth-order valence-electron chi connectivity index (χ4n) is 3.11. The van der Waals surface area contributed by atoms with Crippen molar-refractivity contribution in [1.82, 2.24) is 0 Å². The third-order valence-electron chi connectivity index (χ3n) is 4.37. The average molecular weight is 464 g/mol. The van der Waals surface area contributed by atoms with Crippen molar-refractivity contribution in [2.45, 2.75) is 37.5 Å². The van der Waals surface area contributed by atoms with Gasteiger partial charge in [0.2, 0.25) is 0 Å². The van der Waals surface area contributed by atoms with Crippen LogP contribution in [0.15, 0.2) is 17.0 Å². The van der Waals surface area contributed by atoms with E-state index in [9.17, 15) is 13.2 Å². The van der Waals surface area contributed by atoms with Crippen LogP contribution in [0.3, 0.4) is 0 Å². The van der Waals surface area contributed by atoms with Gasteiger partial charge in [-0.3, -0.25) is 4.72 Å². The van der Waals surface area contributed by atoms with Crippen LogP contribution in [0, 0.1) is 0 Å². The minimum atomic E-state index is -4.08. The Morgan fingerprint density at radius 3 is 2.61 bits per heavy atom. The summed E-state index contributed by atoms with van der Waals surface area (Å²) in [6, 6.07) is 2.56. The Labute approximate surface area is 177 Å². The lowest BCUT2D eigenvalue weighted by molar-refractivity contribution is 0.0526. The second-order valence-electron chi connectivity index (χ2n) is 6.16. The van der Waals surface area contributed by atoms with E-state index in [-0.39, 0.29) is 32.3 Å². The highest BCUT2D eigenvalue weighted by molar-refractivity contribution is 7.93. The van der Waals surface area contributed by atoms with E-state index in [1.807, 2.05) is 0 Å². The molecule has 0 saturated carbocycles. The molecule has 0 atom stereocenters. The van der Waals surface area contributed by atoms with E-state index in [1.54, 1.807) is 6.92 Å².